The molecule has 0 aromatic carbocycles. The molecule has 0 saturated carbocycles. The highest BCUT2D eigenvalue weighted by atomic mass is 31.2. The van der Waals surface area contributed by atoms with Crippen molar-refractivity contribution in [2.24, 2.45) is 11.3 Å². The van der Waals surface area contributed by atoms with Crippen LogP contribution in [0.1, 0.15) is 85.5 Å². The summed E-state index contributed by atoms with van der Waals surface area (Å²) in [5.74, 6) is 0.0787. The SMILES string of the molecule is CCC(CCCOCCCCC(CC)(CC)COP(=O)(O)O)C(CC)OP(=O)(O)O. The average Bonchev–Trinajstić information content (AvgIpc) is 2.66. The Labute approximate surface area is 181 Å². The molecule has 2 atom stereocenters. The van der Waals surface area contributed by atoms with Gasteiger partial charge in [0.15, 0.2) is 0 Å². The number of unbranched alkanes of at least 4 members (excludes halogenated alkanes) is 1. The summed E-state index contributed by atoms with van der Waals surface area (Å²) < 4.78 is 37.4. The van der Waals surface area contributed by atoms with Crippen LogP contribution in [-0.2, 0) is 22.9 Å². The molecular weight excluding hydrogens is 434 g/mol. The van der Waals surface area contributed by atoms with E-state index in [0.29, 0.717) is 19.6 Å². The van der Waals surface area contributed by atoms with Crippen molar-refractivity contribution in [2.75, 3.05) is 19.8 Å². The van der Waals surface area contributed by atoms with Crippen molar-refractivity contribution in [1.29, 1.82) is 0 Å². The van der Waals surface area contributed by atoms with Crippen molar-refractivity contribution < 1.29 is 42.5 Å². The zero-order valence-corrected chi connectivity index (χ0v) is 20.7. The Balaban J connectivity index is 4.14. The molecule has 0 fully saturated rings. The molecular formula is C19H42O9P2. The van der Waals surface area contributed by atoms with Crippen LogP contribution in [-0.4, -0.2) is 45.5 Å². The highest BCUT2D eigenvalue weighted by Crippen LogP contribution is 2.42. The Kier molecular flexibility index (Phi) is 15.2. The van der Waals surface area contributed by atoms with Crippen LogP contribution in [0.15, 0.2) is 0 Å². The summed E-state index contributed by atoms with van der Waals surface area (Å²) in [7, 11) is -8.94. The quantitative estimate of drug-likeness (QED) is 0.153. The second-order valence-electron chi connectivity index (χ2n) is 7.89. The van der Waals surface area contributed by atoms with Crippen molar-refractivity contribution in [2.45, 2.75) is 91.6 Å². The fourth-order valence-electron chi connectivity index (χ4n) is 3.68. The summed E-state index contributed by atoms with van der Waals surface area (Å²) in [6, 6.07) is 0. The lowest BCUT2D eigenvalue weighted by Crippen LogP contribution is -2.25. The Bertz CT molecular complexity index is 528. The molecule has 0 heterocycles. The minimum Gasteiger partial charge on any atom is -0.381 e. The Morgan fingerprint density at radius 3 is 1.90 bits per heavy atom. The van der Waals surface area contributed by atoms with Crippen LogP contribution in [0.5, 0.6) is 0 Å². The summed E-state index contributed by atoms with van der Waals surface area (Å²) in [4.78, 5) is 36.0. The van der Waals surface area contributed by atoms with Gasteiger partial charge in [-0.15, -0.1) is 0 Å². The van der Waals surface area contributed by atoms with Gasteiger partial charge in [0, 0.05) is 13.2 Å². The summed E-state index contributed by atoms with van der Waals surface area (Å²) in [5, 5.41) is 0. The van der Waals surface area contributed by atoms with Crippen LogP contribution in [0.2, 0.25) is 0 Å². The first-order valence-corrected chi connectivity index (χ1v) is 14.0. The van der Waals surface area contributed by atoms with Gasteiger partial charge in [0.05, 0.1) is 12.7 Å². The van der Waals surface area contributed by atoms with Gasteiger partial charge in [-0.25, -0.2) is 9.13 Å². The minimum absolute atomic E-state index is 0.0544. The molecule has 0 aliphatic rings. The number of phosphoric ester groups is 2. The number of rotatable bonds is 19. The van der Waals surface area contributed by atoms with Gasteiger partial charge in [0.1, 0.15) is 0 Å². The molecule has 0 aromatic rings. The normalized spacial score (nSPS) is 15.3. The third-order valence-corrected chi connectivity index (χ3v) is 6.88. The average molecular weight is 476 g/mol. The predicted molar refractivity (Wildman–Crippen MR) is 116 cm³/mol. The molecule has 4 N–H and O–H groups in total. The maximum absolute atomic E-state index is 11.1. The first-order valence-electron chi connectivity index (χ1n) is 10.9. The second-order valence-corrected chi connectivity index (χ2v) is 10.3. The summed E-state index contributed by atoms with van der Waals surface area (Å²) in [5.41, 5.74) is -0.233. The summed E-state index contributed by atoms with van der Waals surface area (Å²) in [6.45, 7) is 9.10. The van der Waals surface area contributed by atoms with Gasteiger partial charge in [0.25, 0.3) is 0 Å². The van der Waals surface area contributed by atoms with E-state index in [1.807, 2.05) is 27.7 Å². The zero-order chi connectivity index (χ0) is 23.3. The van der Waals surface area contributed by atoms with E-state index in [9.17, 15) is 9.13 Å². The maximum atomic E-state index is 11.1. The van der Waals surface area contributed by atoms with E-state index in [2.05, 4.69) is 0 Å². The van der Waals surface area contributed by atoms with Crippen molar-refractivity contribution in [1.82, 2.24) is 0 Å². The Morgan fingerprint density at radius 1 is 0.833 bits per heavy atom. The largest absolute Gasteiger partial charge is 0.469 e. The van der Waals surface area contributed by atoms with Crippen LogP contribution in [0.4, 0.5) is 0 Å². The van der Waals surface area contributed by atoms with Gasteiger partial charge < -0.3 is 24.3 Å². The van der Waals surface area contributed by atoms with E-state index >= 15 is 0 Å². The van der Waals surface area contributed by atoms with Gasteiger partial charge in [-0.05, 0) is 56.3 Å². The molecule has 0 aromatic heterocycles. The first-order chi connectivity index (χ1) is 13.9. The summed E-state index contributed by atoms with van der Waals surface area (Å²) in [6.07, 6.45) is 6.59. The lowest BCUT2D eigenvalue weighted by atomic mass is 9.79. The van der Waals surface area contributed by atoms with Gasteiger partial charge in [-0.1, -0.05) is 40.5 Å². The standard InChI is InChI=1S/C19H42O9P2/c1-5-17(18(6-2)28-30(23,24)25)12-11-15-26-14-10-9-13-19(7-3,8-4)16-27-29(20,21)22/h17-18H,5-16H2,1-4H3,(H2,20,21,22)(H2,23,24,25). The molecule has 9 nitrogen and oxygen atoms in total. The fraction of sp³-hybridized carbons (Fsp3) is 1.00. The number of hydrogen-bond donors (Lipinski definition) is 4. The highest BCUT2D eigenvalue weighted by Gasteiger charge is 2.30. The third-order valence-electron chi connectivity index (χ3n) is 5.87. The van der Waals surface area contributed by atoms with Crippen LogP contribution in [0, 0.1) is 11.3 Å². The topological polar surface area (TPSA) is 143 Å². The Hall–Kier alpha value is 0.180. The highest BCUT2D eigenvalue weighted by molar-refractivity contribution is 7.46. The lowest BCUT2D eigenvalue weighted by molar-refractivity contribution is 0.0667. The van der Waals surface area contributed by atoms with Gasteiger partial charge >= 0.3 is 15.6 Å². The van der Waals surface area contributed by atoms with Crippen molar-refractivity contribution in [3.63, 3.8) is 0 Å². The Morgan fingerprint density at radius 2 is 1.43 bits per heavy atom. The minimum atomic E-state index is -4.48. The zero-order valence-electron chi connectivity index (χ0n) is 18.9. The number of hydrogen-bond acceptors (Lipinski definition) is 5. The molecule has 0 amide bonds. The summed E-state index contributed by atoms with van der Waals surface area (Å²) >= 11 is 0. The fourth-order valence-corrected chi connectivity index (χ4v) is 4.79. The van der Waals surface area contributed by atoms with E-state index in [1.54, 1.807) is 0 Å². The van der Waals surface area contributed by atoms with Crippen LogP contribution < -0.4 is 0 Å². The third kappa shape index (κ3) is 14.3. The molecule has 0 saturated heterocycles. The number of ether oxygens (including phenoxy) is 1. The first kappa shape index (κ1) is 30.2. The van der Waals surface area contributed by atoms with Crippen molar-refractivity contribution in [3.8, 4) is 0 Å². The van der Waals surface area contributed by atoms with Gasteiger partial charge in [-0.2, -0.15) is 0 Å². The van der Waals surface area contributed by atoms with Crippen LogP contribution >= 0.6 is 15.6 Å². The molecule has 0 rings (SSSR count). The van der Waals surface area contributed by atoms with Crippen molar-refractivity contribution in [3.05, 3.63) is 0 Å². The van der Waals surface area contributed by atoms with E-state index in [-0.39, 0.29) is 17.9 Å². The van der Waals surface area contributed by atoms with E-state index in [4.69, 9.17) is 33.4 Å². The molecule has 0 spiro atoms. The van der Waals surface area contributed by atoms with Gasteiger partial charge in [-0.3, -0.25) is 9.05 Å². The molecule has 30 heavy (non-hydrogen) atoms. The molecule has 0 aliphatic carbocycles. The van der Waals surface area contributed by atoms with Gasteiger partial charge in [0.2, 0.25) is 0 Å². The predicted octanol–water partition coefficient (Wildman–Crippen LogP) is 4.78. The molecule has 0 radical (unpaired) electrons. The monoisotopic (exact) mass is 476 g/mol. The van der Waals surface area contributed by atoms with E-state index < -0.39 is 21.7 Å². The smallest absolute Gasteiger partial charge is 0.381 e. The molecule has 0 aliphatic heterocycles. The number of phosphoric acid groups is 2. The molecule has 2 unspecified atom stereocenters. The van der Waals surface area contributed by atoms with Crippen LogP contribution in [0.3, 0.4) is 0 Å². The molecule has 0 bridgehead atoms. The molecule has 182 valence electrons. The second kappa shape index (κ2) is 15.1. The molecule has 11 heteroatoms. The van der Waals surface area contributed by atoms with Crippen LogP contribution in [0.25, 0.3) is 0 Å². The lowest BCUT2D eigenvalue weighted by Gasteiger charge is -2.31. The maximum Gasteiger partial charge on any atom is 0.469 e. The van der Waals surface area contributed by atoms with Crippen molar-refractivity contribution >= 4 is 15.6 Å². The van der Waals surface area contributed by atoms with E-state index in [1.165, 1.54) is 0 Å². The van der Waals surface area contributed by atoms with E-state index in [0.717, 1.165) is 51.4 Å².